The second-order valence-electron chi connectivity index (χ2n) is 6.04. The van der Waals surface area contributed by atoms with Crippen LogP contribution in [0.2, 0.25) is 0 Å². The summed E-state index contributed by atoms with van der Waals surface area (Å²) in [5.74, 6) is 0.947. The average Bonchev–Trinajstić information content (AvgIpc) is 3.05. The predicted molar refractivity (Wildman–Crippen MR) is 96.4 cm³/mol. The van der Waals surface area contributed by atoms with Crippen LogP contribution in [0.15, 0.2) is 69.8 Å². The Morgan fingerprint density at radius 3 is 2.45 bits per heavy atom. The summed E-state index contributed by atoms with van der Waals surface area (Å²) < 4.78 is 0. The van der Waals surface area contributed by atoms with E-state index < -0.39 is 0 Å². The molecule has 0 nitrogen and oxygen atoms in total. The van der Waals surface area contributed by atoms with Gasteiger partial charge in [-0.2, -0.15) is 0 Å². The molecule has 3 aromatic rings. The van der Waals surface area contributed by atoms with Crippen LogP contribution in [0.5, 0.6) is 0 Å². The first-order valence-electron chi connectivity index (χ1n) is 7.68. The molecule has 2 aromatic carbocycles. The molecule has 0 radical (unpaired) electrons. The van der Waals surface area contributed by atoms with Crippen molar-refractivity contribution in [3.63, 3.8) is 0 Å². The standard InChI is InChI=1S/C20H18S2/c1-13(2)14-9-10-18-16(12-14)20(19-8-5-11-21-19)15-6-3-4-7-17(15)22-18/h3-13,20H,1-2H3. The molecule has 0 N–H and O–H groups in total. The van der Waals surface area contributed by atoms with Crippen molar-refractivity contribution in [1.29, 1.82) is 0 Å². The molecule has 0 fully saturated rings. The normalized spacial score (nSPS) is 16.4. The van der Waals surface area contributed by atoms with Crippen LogP contribution in [-0.2, 0) is 0 Å². The van der Waals surface area contributed by atoms with Gasteiger partial charge in [-0.15, -0.1) is 11.3 Å². The summed E-state index contributed by atoms with van der Waals surface area (Å²) in [6, 6.07) is 20.3. The van der Waals surface area contributed by atoms with Gasteiger partial charge in [-0.3, -0.25) is 0 Å². The Kier molecular flexibility index (Phi) is 3.59. The monoisotopic (exact) mass is 322 g/mol. The summed E-state index contributed by atoms with van der Waals surface area (Å²) in [6.45, 7) is 4.54. The predicted octanol–water partition coefficient (Wildman–Crippen LogP) is 6.52. The second-order valence-corrected chi connectivity index (χ2v) is 8.10. The molecule has 0 spiro atoms. The van der Waals surface area contributed by atoms with E-state index in [4.69, 9.17) is 0 Å². The van der Waals surface area contributed by atoms with E-state index in [2.05, 4.69) is 73.8 Å². The SMILES string of the molecule is CC(C)c1ccc2c(c1)C(c1cccs1)c1ccccc1S2. The molecule has 0 aliphatic carbocycles. The minimum absolute atomic E-state index is 0.381. The van der Waals surface area contributed by atoms with Gasteiger partial charge >= 0.3 is 0 Å². The Morgan fingerprint density at radius 1 is 0.864 bits per heavy atom. The van der Waals surface area contributed by atoms with Crippen molar-refractivity contribution >= 4 is 23.1 Å². The number of fused-ring (bicyclic) bond motifs is 2. The first-order valence-corrected chi connectivity index (χ1v) is 9.37. The molecular formula is C20H18S2. The van der Waals surface area contributed by atoms with Crippen molar-refractivity contribution in [3.05, 3.63) is 81.5 Å². The van der Waals surface area contributed by atoms with Crippen LogP contribution in [0.25, 0.3) is 0 Å². The largest absolute Gasteiger partial charge is 0.148 e. The van der Waals surface area contributed by atoms with E-state index in [-0.39, 0.29) is 0 Å². The number of thiophene rings is 1. The van der Waals surface area contributed by atoms with Crippen LogP contribution in [0, 0.1) is 0 Å². The van der Waals surface area contributed by atoms with Crippen molar-refractivity contribution < 1.29 is 0 Å². The van der Waals surface area contributed by atoms with E-state index in [0.29, 0.717) is 11.8 Å². The molecule has 1 aliphatic rings. The summed E-state index contributed by atoms with van der Waals surface area (Å²) >= 11 is 3.77. The highest BCUT2D eigenvalue weighted by atomic mass is 32.2. The smallest absolute Gasteiger partial charge is 0.0456 e. The van der Waals surface area contributed by atoms with Gasteiger partial charge in [-0.05, 0) is 46.2 Å². The molecule has 0 amide bonds. The van der Waals surface area contributed by atoms with Gasteiger partial charge < -0.3 is 0 Å². The first kappa shape index (κ1) is 14.1. The number of rotatable bonds is 2. The lowest BCUT2D eigenvalue weighted by atomic mass is 9.87. The fourth-order valence-electron chi connectivity index (χ4n) is 3.10. The third-order valence-corrected chi connectivity index (χ3v) is 6.41. The molecule has 1 aromatic heterocycles. The highest BCUT2D eigenvalue weighted by Crippen LogP contribution is 2.49. The van der Waals surface area contributed by atoms with Gasteiger partial charge in [0.25, 0.3) is 0 Å². The van der Waals surface area contributed by atoms with Gasteiger partial charge in [-0.25, -0.2) is 0 Å². The minimum Gasteiger partial charge on any atom is -0.148 e. The zero-order valence-corrected chi connectivity index (χ0v) is 14.4. The van der Waals surface area contributed by atoms with E-state index >= 15 is 0 Å². The van der Waals surface area contributed by atoms with Crippen molar-refractivity contribution in [2.24, 2.45) is 0 Å². The summed E-state index contributed by atoms with van der Waals surface area (Å²) in [6.07, 6.45) is 0. The quantitative estimate of drug-likeness (QED) is 0.405. The summed E-state index contributed by atoms with van der Waals surface area (Å²) in [5.41, 5.74) is 4.35. The van der Waals surface area contributed by atoms with E-state index in [9.17, 15) is 0 Å². The van der Waals surface area contributed by atoms with E-state index in [1.807, 2.05) is 23.1 Å². The molecule has 2 heterocycles. The Morgan fingerprint density at radius 2 is 1.68 bits per heavy atom. The zero-order chi connectivity index (χ0) is 15.1. The lowest BCUT2D eigenvalue weighted by molar-refractivity contribution is 0.846. The van der Waals surface area contributed by atoms with Crippen molar-refractivity contribution in [1.82, 2.24) is 0 Å². The Bertz CT molecular complexity index is 800. The van der Waals surface area contributed by atoms with Gasteiger partial charge in [-0.1, -0.05) is 62.0 Å². The third kappa shape index (κ3) is 2.31. The van der Waals surface area contributed by atoms with Crippen molar-refractivity contribution in [2.45, 2.75) is 35.5 Å². The number of hydrogen-bond donors (Lipinski definition) is 0. The summed E-state index contributed by atoms with van der Waals surface area (Å²) in [5, 5.41) is 2.19. The van der Waals surface area contributed by atoms with Crippen LogP contribution >= 0.6 is 23.1 Å². The maximum absolute atomic E-state index is 2.42. The second kappa shape index (κ2) is 5.60. The zero-order valence-electron chi connectivity index (χ0n) is 12.7. The highest BCUT2D eigenvalue weighted by molar-refractivity contribution is 7.99. The molecule has 0 saturated heterocycles. The molecule has 0 saturated carbocycles. The fraction of sp³-hybridized carbons (Fsp3) is 0.200. The van der Waals surface area contributed by atoms with Crippen LogP contribution in [0.4, 0.5) is 0 Å². The highest BCUT2D eigenvalue weighted by Gasteiger charge is 2.28. The maximum Gasteiger partial charge on any atom is 0.0456 e. The number of hydrogen-bond acceptors (Lipinski definition) is 2. The van der Waals surface area contributed by atoms with Gasteiger partial charge in [0.15, 0.2) is 0 Å². The van der Waals surface area contributed by atoms with Crippen LogP contribution in [-0.4, -0.2) is 0 Å². The number of benzene rings is 2. The molecule has 2 heteroatoms. The average molecular weight is 322 g/mol. The fourth-order valence-corrected chi connectivity index (χ4v) is 5.08. The Labute approximate surface area is 140 Å². The third-order valence-electron chi connectivity index (χ3n) is 4.29. The van der Waals surface area contributed by atoms with E-state index in [0.717, 1.165) is 0 Å². The molecule has 0 bridgehead atoms. The van der Waals surface area contributed by atoms with Crippen LogP contribution in [0.1, 0.15) is 47.3 Å². The van der Waals surface area contributed by atoms with Gasteiger partial charge in [0.2, 0.25) is 0 Å². The molecule has 110 valence electrons. The maximum atomic E-state index is 2.42. The Hall–Kier alpha value is -1.51. The van der Waals surface area contributed by atoms with Gasteiger partial charge in [0.05, 0.1) is 0 Å². The van der Waals surface area contributed by atoms with Gasteiger partial charge in [0, 0.05) is 20.6 Å². The topological polar surface area (TPSA) is 0 Å². The van der Waals surface area contributed by atoms with E-state index in [1.165, 1.54) is 31.4 Å². The minimum atomic E-state index is 0.381. The molecular weight excluding hydrogens is 304 g/mol. The van der Waals surface area contributed by atoms with Crippen LogP contribution < -0.4 is 0 Å². The summed E-state index contributed by atoms with van der Waals surface area (Å²) in [4.78, 5) is 4.24. The lowest BCUT2D eigenvalue weighted by Crippen LogP contribution is -2.09. The lowest BCUT2D eigenvalue weighted by Gasteiger charge is -2.28. The molecule has 4 rings (SSSR count). The molecule has 22 heavy (non-hydrogen) atoms. The van der Waals surface area contributed by atoms with Crippen molar-refractivity contribution in [3.8, 4) is 0 Å². The first-order chi connectivity index (χ1) is 10.7. The summed E-state index contributed by atoms with van der Waals surface area (Å²) in [7, 11) is 0. The Balaban J connectivity index is 1.94. The molecule has 1 atom stereocenters. The van der Waals surface area contributed by atoms with E-state index in [1.54, 1.807) is 0 Å². The molecule has 1 aliphatic heterocycles. The van der Waals surface area contributed by atoms with Crippen LogP contribution in [0.3, 0.4) is 0 Å². The van der Waals surface area contributed by atoms with Gasteiger partial charge in [0.1, 0.15) is 0 Å². The molecule has 1 unspecified atom stereocenters. The van der Waals surface area contributed by atoms with Crippen molar-refractivity contribution in [2.75, 3.05) is 0 Å².